The zero-order chi connectivity index (χ0) is 10.8. The maximum Gasteiger partial charge on any atom is 0.269 e. The highest BCUT2D eigenvalue weighted by molar-refractivity contribution is 7.99. The van der Waals surface area contributed by atoms with Crippen molar-refractivity contribution in [1.82, 2.24) is 9.97 Å². The molecular weight excluding hydrogens is 234 g/mol. The number of amides is 1. The molecule has 0 aliphatic heterocycles. The third kappa shape index (κ3) is 2.18. The molecular formula is C8H7N3O2S2. The van der Waals surface area contributed by atoms with Crippen molar-refractivity contribution < 1.29 is 4.79 Å². The van der Waals surface area contributed by atoms with Crippen LogP contribution >= 0.6 is 23.1 Å². The average molecular weight is 241 g/mol. The lowest BCUT2D eigenvalue weighted by atomic mass is 10.5. The van der Waals surface area contributed by atoms with Gasteiger partial charge in [-0.2, -0.15) is 0 Å². The van der Waals surface area contributed by atoms with E-state index in [4.69, 9.17) is 5.73 Å². The van der Waals surface area contributed by atoms with Crippen LogP contribution < -0.4 is 11.3 Å². The maximum absolute atomic E-state index is 11.5. The van der Waals surface area contributed by atoms with E-state index in [1.807, 2.05) is 0 Å². The highest BCUT2D eigenvalue weighted by Gasteiger charge is 2.06. The minimum atomic E-state index is -0.437. The van der Waals surface area contributed by atoms with Crippen LogP contribution in [0.15, 0.2) is 21.4 Å². The summed E-state index contributed by atoms with van der Waals surface area (Å²) in [6, 6.07) is 1.77. The van der Waals surface area contributed by atoms with Crippen molar-refractivity contribution in [3.63, 3.8) is 0 Å². The van der Waals surface area contributed by atoms with E-state index in [0.29, 0.717) is 15.4 Å². The van der Waals surface area contributed by atoms with Gasteiger partial charge in [0.25, 0.3) is 5.56 Å². The van der Waals surface area contributed by atoms with Crippen molar-refractivity contribution in [3.8, 4) is 0 Å². The molecule has 0 saturated carbocycles. The molecule has 5 nitrogen and oxygen atoms in total. The van der Waals surface area contributed by atoms with Gasteiger partial charge in [-0.05, 0) is 11.4 Å². The third-order valence-electron chi connectivity index (χ3n) is 1.64. The van der Waals surface area contributed by atoms with Crippen LogP contribution in [0.1, 0.15) is 0 Å². The Morgan fingerprint density at radius 3 is 3.20 bits per heavy atom. The van der Waals surface area contributed by atoms with Crippen LogP contribution in [0.25, 0.3) is 10.2 Å². The number of aromatic amines is 1. The molecule has 0 bridgehead atoms. The number of rotatable bonds is 3. The Bertz CT molecular complexity index is 560. The molecule has 7 heteroatoms. The number of nitrogens with two attached hydrogens (primary N) is 1. The molecule has 2 aromatic rings. The van der Waals surface area contributed by atoms with Gasteiger partial charge in [-0.3, -0.25) is 9.59 Å². The number of aromatic nitrogens is 2. The van der Waals surface area contributed by atoms with Gasteiger partial charge in [0.15, 0.2) is 5.16 Å². The molecule has 0 aliphatic carbocycles. The standard InChI is InChI=1S/C8H7N3O2S2/c9-5(12)3-15-8-10-4-1-2-14-6(4)7(13)11-8/h1-2H,3H2,(H2,9,12)(H,10,11,13). The second-order valence-electron chi connectivity index (χ2n) is 2.76. The first-order valence-corrected chi connectivity index (χ1v) is 5.92. The van der Waals surface area contributed by atoms with Crippen LogP contribution in [0.2, 0.25) is 0 Å². The Morgan fingerprint density at radius 1 is 1.67 bits per heavy atom. The van der Waals surface area contributed by atoms with E-state index >= 15 is 0 Å². The van der Waals surface area contributed by atoms with Gasteiger partial charge in [0, 0.05) is 0 Å². The van der Waals surface area contributed by atoms with E-state index < -0.39 is 5.91 Å². The zero-order valence-corrected chi connectivity index (χ0v) is 9.15. The topological polar surface area (TPSA) is 88.8 Å². The smallest absolute Gasteiger partial charge is 0.269 e. The summed E-state index contributed by atoms with van der Waals surface area (Å²) in [5.74, 6) is -0.327. The predicted octanol–water partition coefficient (Wildman–Crippen LogP) is 0.562. The number of thiophene rings is 1. The Kier molecular flexibility index (Phi) is 2.74. The fraction of sp³-hybridized carbons (Fsp3) is 0.125. The van der Waals surface area contributed by atoms with E-state index in [9.17, 15) is 9.59 Å². The molecule has 78 valence electrons. The second kappa shape index (κ2) is 4.03. The van der Waals surface area contributed by atoms with Gasteiger partial charge in [0.2, 0.25) is 5.91 Å². The lowest BCUT2D eigenvalue weighted by molar-refractivity contribution is -0.115. The first kappa shape index (κ1) is 10.2. The molecule has 2 rings (SSSR count). The third-order valence-corrected chi connectivity index (χ3v) is 3.44. The van der Waals surface area contributed by atoms with Crippen molar-refractivity contribution in [3.05, 3.63) is 21.8 Å². The fourth-order valence-electron chi connectivity index (χ4n) is 1.06. The SMILES string of the molecule is NC(=O)CSc1nc2ccsc2c(=O)[nH]1. The Hall–Kier alpha value is -1.34. The van der Waals surface area contributed by atoms with E-state index in [1.54, 1.807) is 11.4 Å². The largest absolute Gasteiger partial charge is 0.369 e. The number of nitrogens with zero attached hydrogens (tertiary/aromatic N) is 1. The van der Waals surface area contributed by atoms with Gasteiger partial charge in [0.05, 0.1) is 11.3 Å². The molecule has 2 heterocycles. The first-order valence-electron chi connectivity index (χ1n) is 4.05. The van der Waals surface area contributed by atoms with Crippen molar-refractivity contribution in [2.75, 3.05) is 5.75 Å². The molecule has 0 atom stereocenters. The monoisotopic (exact) mass is 241 g/mol. The molecule has 0 aliphatic rings. The van der Waals surface area contributed by atoms with Crippen molar-refractivity contribution in [1.29, 1.82) is 0 Å². The molecule has 1 amide bonds. The van der Waals surface area contributed by atoms with E-state index in [2.05, 4.69) is 9.97 Å². The number of thioether (sulfide) groups is 1. The number of hydrogen-bond acceptors (Lipinski definition) is 5. The van der Waals surface area contributed by atoms with Gasteiger partial charge >= 0.3 is 0 Å². The molecule has 3 N–H and O–H groups in total. The number of carbonyl (C=O) groups is 1. The second-order valence-corrected chi connectivity index (χ2v) is 4.64. The van der Waals surface area contributed by atoms with Crippen molar-refractivity contribution in [2.24, 2.45) is 5.73 Å². The van der Waals surface area contributed by atoms with Gasteiger partial charge in [0.1, 0.15) is 4.70 Å². The Balaban J connectivity index is 2.36. The lowest BCUT2D eigenvalue weighted by Crippen LogP contribution is -2.14. The summed E-state index contributed by atoms with van der Waals surface area (Å²) in [6.07, 6.45) is 0. The zero-order valence-electron chi connectivity index (χ0n) is 7.52. The van der Waals surface area contributed by atoms with Crippen molar-refractivity contribution in [2.45, 2.75) is 5.16 Å². The molecule has 0 aromatic carbocycles. The van der Waals surface area contributed by atoms with Gasteiger partial charge in [-0.15, -0.1) is 11.3 Å². The molecule has 0 fully saturated rings. The van der Waals surface area contributed by atoms with Crippen LogP contribution in [-0.2, 0) is 4.79 Å². The minimum absolute atomic E-state index is 0.110. The molecule has 0 spiro atoms. The number of fused-ring (bicyclic) bond motifs is 1. The summed E-state index contributed by atoms with van der Waals surface area (Å²) in [6.45, 7) is 0. The average Bonchev–Trinajstić information content (AvgIpc) is 2.63. The summed E-state index contributed by atoms with van der Waals surface area (Å²) >= 11 is 2.46. The molecule has 0 unspecified atom stereocenters. The van der Waals surface area contributed by atoms with Crippen LogP contribution in [0, 0.1) is 0 Å². The minimum Gasteiger partial charge on any atom is -0.369 e. The summed E-state index contributed by atoms with van der Waals surface area (Å²) in [7, 11) is 0. The predicted molar refractivity (Wildman–Crippen MR) is 60.2 cm³/mol. The Morgan fingerprint density at radius 2 is 2.47 bits per heavy atom. The van der Waals surface area contributed by atoms with E-state index in [1.165, 1.54) is 11.3 Å². The molecule has 15 heavy (non-hydrogen) atoms. The maximum atomic E-state index is 11.5. The normalized spacial score (nSPS) is 10.7. The van der Waals surface area contributed by atoms with Crippen LogP contribution in [0.3, 0.4) is 0 Å². The van der Waals surface area contributed by atoms with Gasteiger partial charge in [-0.25, -0.2) is 4.98 Å². The number of carbonyl (C=O) groups excluding carboxylic acids is 1. The van der Waals surface area contributed by atoms with Gasteiger partial charge < -0.3 is 10.7 Å². The van der Waals surface area contributed by atoms with E-state index in [-0.39, 0.29) is 11.3 Å². The first-order chi connectivity index (χ1) is 7.16. The molecule has 2 aromatic heterocycles. The van der Waals surface area contributed by atoms with Crippen LogP contribution in [0.5, 0.6) is 0 Å². The summed E-state index contributed by atoms with van der Waals surface area (Å²) in [4.78, 5) is 28.8. The van der Waals surface area contributed by atoms with Crippen LogP contribution in [0.4, 0.5) is 0 Å². The number of primary amides is 1. The van der Waals surface area contributed by atoms with Crippen LogP contribution in [-0.4, -0.2) is 21.6 Å². The van der Waals surface area contributed by atoms with E-state index in [0.717, 1.165) is 11.8 Å². The number of nitrogens with one attached hydrogen (secondary N) is 1. The van der Waals surface area contributed by atoms with Crippen molar-refractivity contribution >= 4 is 39.2 Å². The summed E-state index contributed by atoms with van der Waals surface area (Å²) in [5.41, 5.74) is 5.46. The fourth-order valence-corrected chi connectivity index (χ4v) is 2.39. The van der Waals surface area contributed by atoms with Gasteiger partial charge in [-0.1, -0.05) is 11.8 Å². The highest BCUT2D eigenvalue weighted by Crippen LogP contribution is 2.17. The summed E-state index contributed by atoms with van der Waals surface area (Å²) in [5, 5.41) is 2.22. The highest BCUT2D eigenvalue weighted by atomic mass is 32.2. The number of H-pyrrole nitrogens is 1. The number of hydrogen-bond donors (Lipinski definition) is 2. The Labute approximate surface area is 92.7 Å². The molecule has 0 radical (unpaired) electrons. The summed E-state index contributed by atoms with van der Waals surface area (Å²) < 4.78 is 0.596. The lowest BCUT2D eigenvalue weighted by Gasteiger charge is -1.97. The quantitative estimate of drug-likeness (QED) is 0.607. The molecule has 0 saturated heterocycles.